The minimum absolute atomic E-state index is 0.125. The third-order valence-corrected chi connectivity index (χ3v) is 3.60. The van der Waals surface area contributed by atoms with Crippen LogP contribution in [0.25, 0.3) is 0 Å². The lowest BCUT2D eigenvalue weighted by molar-refractivity contribution is -0.0185. The zero-order chi connectivity index (χ0) is 13.9. The van der Waals surface area contributed by atoms with Gasteiger partial charge in [-0.15, -0.1) is 0 Å². The van der Waals surface area contributed by atoms with Crippen molar-refractivity contribution in [3.05, 3.63) is 35.9 Å². The normalized spacial score (nSPS) is 22.8. The second-order valence-electron chi connectivity index (χ2n) is 4.88. The molecule has 0 aliphatic carbocycles. The number of ether oxygens (including phenoxy) is 1. The van der Waals surface area contributed by atoms with Crippen LogP contribution in [0.3, 0.4) is 0 Å². The van der Waals surface area contributed by atoms with E-state index in [1.165, 1.54) is 4.90 Å². The average molecular weight is 275 g/mol. The van der Waals surface area contributed by atoms with E-state index in [0.717, 1.165) is 5.56 Å². The summed E-state index contributed by atoms with van der Waals surface area (Å²) in [6, 6.07) is 9.29. The maximum Gasteiger partial charge on any atom is 0.328 e. The van der Waals surface area contributed by atoms with Gasteiger partial charge in [-0.2, -0.15) is 0 Å². The minimum Gasteiger partial charge on any atom is -0.370 e. The average Bonchev–Trinajstić information content (AvgIpc) is 2.94. The van der Waals surface area contributed by atoms with Crippen molar-refractivity contribution in [1.82, 2.24) is 15.1 Å². The van der Waals surface area contributed by atoms with Crippen LogP contribution in [0.4, 0.5) is 9.59 Å². The van der Waals surface area contributed by atoms with Crippen molar-refractivity contribution in [3.63, 3.8) is 0 Å². The predicted molar refractivity (Wildman–Crippen MR) is 72.2 cm³/mol. The van der Waals surface area contributed by atoms with Crippen LogP contribution in [0.5, 0.6) is 0 Å². The summed E-state index contributed by atoms with van der Waals surface area (Å²) in [6.45, 7) is 2.45. The van der Waals surface area contributed by atoms with E-state index >= 15 is 0 Å². The molecule has 0 radical (unpaired) electrons. The van der Waals surface area contributed by atoms with E-state index in [4.69, 9.17) is 4.74 Å². The molecule has 0 unspecified atom stereocenters. The SMILES string of the molecule is O=C1NCCN1C(=O)N1CCO[C@@H](c2ccccc2)C1. The molecule has 2 fully saturated rings. The molecule has 3 rings (SSSR count). The highest BCUT2D eigenvalue weighted by atomic mass is 16.5. The molecule has 0 bridgehead atoms. The van der Waals surface area contributed by atoms with E-state index < -0.39 is 0 Å². The lowest BCUT2D eigenvalue weighted by Crippen LogP contribution is -2.49. The molecule has 2 aliphatic rings. The summed E-state index contributed by atoms with van der Waals surface area (Å²) in [6.07, 6.45) is -0.125. The first-order valence-corrected chi connectivity index (χ1v) is 6.76. The fourth-order valence-electron chi connectivity index (χ4n) is 2.52. The number of urea groups is 2. The van der Waals surface area contributed by atoms with E-state index in [-0.39, 0.29) is 18.2 Å². The number of benzene rings is 1. The van der Waals surface area contributed by atoms with Crippen molar-refractivity contribution in [3.8, 4) is 0 Å². The molecule has 0 aromatic heterocycles. The first kappa shape index (κ1) is 12.9. The van der Waals surface area contributed by atoms with Gasteiger partial charge in [-0.25, -0.2) is 14.5 Å². The van der Waals surface area contributed by atoms with Gasteiger partial charge in [0.25, 0.3) is 0 Å². The maximum atomic E-state index is 12.3. The third-order valence-electron chi connectivity index (χ3n) is 3.60. The van der Waals surface area contributed by atoms with E-state index in [9.17, 15) is 9.59 Å². The van der Waals surface area contributed by atoms with Gasteiger partial charge in [-0.1, -0.05) is 30.3 Å². The second kappa shape index (κ2) is 5.50. The third kappa shape index (κ3) is 2.46. The van der Waals surface area contributed by atoms with Crippen LogP contribution in [0.15, 0.2) is 30.3 Å². The molecule has 6 nitrogen and oxygen atoms in total. The number of imide groups is 1. The first-order chi connectivity index (χ1) is 9.75. The number of hydrogen-bond donors (Lipinski definition) is 1. The Labute approximate surface area is 117 Å². The van der Waals surface area contributed by atoms with Crippen molar-refractivity contribution in [2.45, 2.75) is 6.10 Å². The summed E-state index contributed by atoms with van der Waals surface area (Å²) in [5.74, 6) is 0. The Hall–Kier alpha value is -2.08. The van der Waals surface area contributed by atoms with Gasteiger partial charge in [0.1, 0.15) is 6.10 Å². The molecule has 2 heterocycles. The second-order valence-corrected chi connectivity index (χ2v) is 4.88. The summed E-state index contributed by atoms with van der Waals surface area (Å²) in [4.78, 5) is 26.8. The molecule has 2 aliphatic heterocycles. The smallest absolute Gasteiger partial charge is 0.328 e. The monoisotopic (exact) mass is 275 g/mol. The number of nitrogens with zero attached hydrogens (tertiary/aromatic N) is 2. The zero-order valence-electron chi connectivity index (χ0n) is 11.1. The lowest BCUT2D eigenvalue weighted by atomic mass is 10.1. The molecule has 1 aromatic rings. The zero-order valence-corrected chi connectivity index (χ0v) is 11.1. The number of hydrogen-bond acceptors (Lipinski definition) is 3. The van der Waals surface area contributed by atoms with Crippen LogP contribution >= 0.6 is 0 Å². The number of morpholine rings is 1. The fourth-order valence-corrected chi connectivity index (χ4v) is 2.52. The van der Waals surface area contributed by atoms with E-state index in [0.29, 0.717) is 32.8 Å². The Balaban J connectivity index is 1.69. The van der Waals surface area contributed by atoms with Gasteiger partial charge in [-0.3, -0.25) is 0 Å². The van der Waals surface area contributed by atoms with Gasteiger partial charge in [0.05, 0.1) is 13.2 Å². The summed E-state index contributed by atoms with van der Waals surface area (Å²) in [5, 5.41) is 2.64. The van der Waals surface area contributed by atoms with Crippen molar-refractivity contribution in [2.75, 3.05) is 32.8 Å². The van der Waals surface area contributed by atoms with Crippen molar-refractivity contribution >= 4 is 12.1 Å². The lowest BCUT2D eigenvalue weighted by Gasteiger charge is -2.34. The standard InChI is InChI=1S/C14H17N3O3/c18-13-15-6-7-17(13)14(19)16-8-9-20-12(10-16)11-4-2-1-3-5-11/h1-5,12H,6-10H2,(H,15,18)/t12-/m1/s1. The van der Waals surface area contributed by atoms with Crippen LogP contribution in [0, 0.1) is 0 Å². The molecule has 0 spiro atoms. The highest BCUT2D eigenvalue weighted by molar-refractivity contribution is 5.95. The number of nitrogens with one attached hydrogen (secondary N) is 1. The van der Waals surface area contributed by atoms with Crippen LogP contribution in [-0.2, 0) is 4.74 Å². The highest BCUT2D eigenvalue weighted by Crippen LogP contribution is 2.22. The molecule has 106 valence electrons. The fraction of sp³-hybridized carbons (Fsp3) is 0.429. The van der Waals surface area contributed by atoms with Gasteiger partial charge < -0.3 is 15.0 Å². The number of rotatable bonds is 1. The summed E-state index contributed by atoms with van der Waals surface area (Å²) >= 11 is 0. The summed E-state index contributed by atoms with van der Waals surface area (Å²) < 4.78 is 5.72. The minimum atomic E-state index is -0.308. The van der Waals surface area contributed by atoms with Crippen LogP contribution < -0.4 is 5.32 Å². The van der Waals surface area contributed by atoms with Crippen LogP contribution in [0.2, 0.25) is 0 Å². The molecular formula is C14H17N3O3. The van der Waals surface area contributed by atoms with Gasteiger partial charge in [-0.05, 0) is 5.56 Å². The molecule has 1 atom stereocenters. The predicted octanol–water partition coefficient (Wildman–Crippen LogP) is 1.21. The van der Waals surface area contributed by atoms with Gasteiger partial charge in [0.2, 0.25) is 0 Å². The Morgan fingerprint density at radius 2 is 2.05 bits per heavy atom. The number of carbonyl (C=O) groups is 2. The summed E-state index contributed by atoms with van der Waals surface area (Å²) in [5.41, 5.74) is 1.05. The van der Waals surface area contributed by atoms with Gasteiger partial charge in [0.15, 0.2) is 0 Å². The molecule has 1 N–H and O–H groups in total. The molecule has 4 amide bonds. The Morgan fingerprint density at radius 1 is 1.25 bits per heavy atom. The molecule has 20 heavy (non-hydrogen) atoms. The topological polar surface area (TPSA) is 61.9 Å². The van der Waals surface area contributed by atoms with Crippen LogP contribution in [-0.4, -0.2) is 54.6 Å². The van der Waals surface area contributed by atoms with Crippen molar-refractivity contribution in [1.29, 1.82) is 0 Å². The van der Waals surface area contributed by atoms with Gasteiger partial charge >= 0.3 is 12.1 Å². The molecule has 6 heteroatoms. The largest absolute Gasteiger partial charge is 0.370 e. The molecule has 1 aromatic carbocycles. The maximum absolute atomic E-state index is 12.3. The molecule has 2 saturated heterocycles. The van der Waals surface area contributed by atoms with E-state index in [1.54, 1.807) is 4.90 Å². The van der Waals surface area contributed by atoms with Gasteiger partial charge in [0, 0.05) is 19.6 Å². The Bertz CT molecular complexity index is 506. The van der Waals surface area contributed by atoms with Crippen molar-refractivity contribution < 1.29 is 14.3 Å². The first-order valence-electron chi connectivity index (χ1n) is 6.76. The molecular weight excluding hydrogens is 258 g/mol. The quantitative estimate of drug-likeness (QED) is 0.838. The van der Waals surface area contributed by atoms with Crippen molar-refractivity contribution in [2.24, 2.45) is 0 Å². The number of carbonyl (C=O) groups excluding carboxylic acids is 2. The van der Waals surface area contributed by atoms with Crippen LogP contribution in [0.1, 0.15) is 11.7 Å². The van der Waals surface area contributed by atoms with E-state index in [1.807, 2.05) is 30.3 Å². The Kier molecular flexibility index (Phi) is 3.56. The highest BCUT2D eigenvalue weighted by Gasteiger charge is 2.33. The Morgan fingerprint density at radius 3 is 2.75 bits per heavy atom. The number of amides is 4. The summed E-state index contributed by atoms with van der Waals surface area (Å²) in [7, 11) is 0. The molecule has 0 saturated carbocycles. The van der Waals surface area contributed by atoms with E-state index in [2.05, 4.69) is 5.32 Å².